The van der Waals surface area contributed by atoms with Crippen molar-refractivity contribution in [3.63, 3.8) is 0 Å². The van der Waals surface area contributed by atoms with Crippen molar-refractivity contribution in [1.82, 2.24) is 4.90 Å². The molecule has 0 heterocycles. The van der Waals surface area contributed by atoms with Crippen LogP contribution in [0.4, 0.5) is 0 Å². The maximum atomic E-state index is 11.9. The van der Waals surface area contributed by atoms with E-state index < -0.39 is 0 Å². The van der Waals surface area contributed by atoms with E-state index in [0.717, 1.165) is 31.6 Å². The summed E-state index contributed by atoms with van der Waals surface area (Å²) < 4.78 is 0. The number of aliphatic hydroxyl groups is 1. The molecule has 0 unspecified atom stereocenters. The summed E-state index contributed by atoms with van der Waals surface area (Å²) in [6, 6.07) is 0. The molecule has 1 aliphatic carbocycles. The lowest BCUT2D eigenvalue weighted by Crippen LogP contribution is -2.31. The van der Waals surface area contributed by atoms with E-state index in [1.165, 1.54) is 12.1 Å². The van der Waals surface area contributed by atoms with E-state index >= 15 is 0 Å². The highest BCUT2D eigenvalue weighted by Crippen LogP contribution is 2.22. The van der Waals surface area contributed by atoms with E-state index in [1.54, 1.807) is 11.8 Å². The first-order valence-corrected chi connectivity index (χ1v) is 7.13. The lowest BCUT2D eigenvalue weighted by molar-refractivity contribution is -0.126. The summed E-state index contributed by atoms with van der Waals surface area (Å²) in [5.41, 5.74) is 1.20. The Morgan fingerprint density at radius 3 is 3.00 bits per heavy atom. The van der Waals surface area contributed by atoms with Crippen LogP contribution in [0, 0.1) is 0 Å². The van der Waals surface area contributed by atoms with Gasteiger partial charge < -0.3 is 10.0 Å². The number of carbonyl (C=O) groups is 1. The van der Waals surface area contributed by atoms with Gasteiger partial charge in [0, 0.05) is 18.8 Å². The molecule has 0 atom stereocenters. The molecule has 0 radical (unpaired) electrons. The Morgan fingerprint density at radius 1 is 1.62 bits per heavy atom. The zero-order valence-electron chi connectivity index (χ0n) is 9.95. The van der Waals surface area contributed by atoms with E-state index in [4.69, 9.17) is 5.11 Å². The Bertz CT molecular complexity index is 253. The first kappa shape index (κ1) is 13.6. The molecule has 4 heteroatoms. The van der Waals surface area contributed by atoms with Crippen molar-refractivity contribution >= 4 is 17.7 Å². The van der Waals surface area contributed by atoms with Crippen LogP contribution in [0.1, 0.15) is 32.6 Å². The minimum atomic E-state index is 0.207. The molecule has 0 bridgehead atoms. The van der Waals surface area contributed by atoms with Crippen molar-refractivity contribution < 1.29 is 9.90 Å². The van der Waals surface area contributed by atoms with Crippen molar-refractivity contribution in [2.75, 3.05) is 24.7 Å². The fraction of sp³-hybridized carbons (Fsp3) is 0.750. The summed E-state index contributed by atoms with van der Waals surface area (Å²) >= 11 is 1.61. The lowest BCUT2D eigenvalue weighted by atomic mass is 10.3. The van der Waals surface area contributed by atoms with Crippen LogP contribution in [0.25, 0.3) is 0 Å². The quantitative estimate of drug-likeness (QED) is 0.695. The molecule has 0 spiro atoms. The minimum absolute atomic E-state index is 0.207. The molecule has 0 aromatic carbocycles. The number of hydrogen-bond donors (Lipinski definition) is 1. The van der Waals surface area contributed by atoms with Crippen molar-refractivity contribution in [2.24, 2.45) is 0 Å². The highest BCUT2D eigenvalue weighted by atomic mass is 32.2. The van der Waals surface area contributed by atoms with E-state index in [9.17, 15) is 4.79 Å². The summed E-state index contributed by atoms with van der Waals surface area (Å²) in [4.78, 5) is 13.8. The van der Waals surface area contributed by atoms with Crippen LogP contribution < -0.4 is 0 Å². The van der Waals surface area contributed by atoms with Gasteiger partial charge in [-0.2, -0.15) is 11.8 Å². The number of nitrogens with zero attached hydrogens (tertiary/aromatic N) is 1. The molecule has 0 saturated heterocycles. The van der Waals surface area contributed by atoms with Crippen LogP contribution in [0.5, 0.6) is 0 Å². The van der Waals surface area contributed by atoms with Gasteiger partial charge >= 0.3 is 0 Å². The molecule has 3 nitrogen and oxygen atoms in total. The topological polar surface area (TPSA) is 40.5 Å². The average molecular weight is 243 g/mol. The standard InChI is InChI=1S/C12H21NO2S/c1-2-13(11-6-3-4-7-11)12(15)10-16-9-5-8-14/h6,14H,2-5,7-10H2,1H3. The van der Waals surface area contributed by atoms with Crippen molar-refractivity contribution in [3.05, 3.63) is 11.8 Å². The summed E-state index contributed by atoms with van der Waals surface area (Å²) in [6.07, 6.45) is 6.28. The third-order valence-corrected chi connectivity index (χ3v) is 3.68. The number of hydrogen-bond acceptors (Lipinski definition) is 3. The van der Waals surface area contributed by atoms with Crippen molar-refractivity contribution in [3.8, 4) is 0 Å². The highest BCUT2D eigenvalue weighted by Gasteiger charge is 2.17. The molecule has 0 aliphatic heterocycles. The second-order valence-corrected chi connectivity index (χ2v) is 4.96. The molecule has 16 heavy (non-hydrogen) atoms. The largest absolute Gasteiger partial charge is 0.396 e. The molecule has 1 aliphatic rings. The molecule has 1 amide bonds. The third kappa shape index (κ3) is 4.18. The molecule has 0 aromatic heterocycles. The van der Waals surface area contributed by atoms with Crippen LogP contribution >= 0.6 is 11.8 Å². The van der Waals surface area contributed by atoms with Gasteiger partial charge in [-0.3, -0.25) is 4.79 Å². The lowest BCUT2D eigenvalue weighted by Gasteiger charge is -2.22. The average Bonchev–Trinajstić information content (AvgIpc) is 2.79. The maximum Gasteiger partial charge on any atom is 0.236 e. The molecule has 92 valence electrons. The monoisotopic (exact) mass is 243 g/mol. The third-order valence-electron chi connectivity index (χ3n) is 2.65. The van der Waals surface area contributed by atoms with Gasteiger partial charge in [-0.15, -0.1) is 0 Å². The summed E-state index contributed by atoms with van der Waals surface area (Å²) in [7, 11) is 0. The van der Waals surface area contributed by atoms with Gasteiger partial charge in [0.15, 0.2) is 0 Å². The zero-order valence-corrected chi connectivity index (χ0v) is 10.8. The molecule has 0 saturated carbocycles. The number of rotatable bonds is 7. The molecular formula is C12H21NO2S. The predicted octanol–water partition coefficient (Wildman–Crippen LogP) is 2.02. The zero-order chi connectivity index (χ0) is 11.8. The van der Waals surface area contributed by atoms with Gasteiger partial charge in [0.25, 0.3) is 0 Å². The molecule has 0 fully saturated rings. The first-order chi connectivity index (χ1) is 7.79. The number of carbonyl (C=O) groups excluding carboxylic acids is 1. The van der Waals surface area contributed by atoms with Gasteiger partial charge in [-0.05, 0) is 38.4 Å². The normalized spacial score (nSPS) is 15.0. The summed E-state index contributed by atoms with van der Waals surface area (Å²) in [5, 5.41) is 8.64. The van der Waals surface area contributed by atoms with Crippen molar-refractivity contribution in [1.29, 1.82) is 0 Å². The van der Waals surface area contributed by atoms with Crippen LogP contribution in [0.3, 0.4) is 0 Å². The Balaban J connectivity index is 2.32. The molecular weight excluding hydrogens is 222 g/mol. The molecule has 1 N–H and O–H groups in total. The molecule has 1 rings (SSSR count). The van der Waals surface area contributed by atoms with Gasteiger partial charge in [0.1, 0.15) is 0 Å². The Kier molecular flexibility index (Phi) is 6.57. The highest BCUT2D eigenvalue weighted by molar-refractivity contribution is 7.99. The number of amides is 1. The second-order valence-electron chi connectivity index (χ2n) is 3.86. The molecule has 0 aromatic rings. The summed E-state index contributed by atoms with van der Waals surface area (Å²) in [6.45, 7) is 3.00. The van der Waals surface area contributed by atoms with E-state index in [2.05, 4.69) is 6.08 Å². The SMILES string of the molecule is CCN(C(=O)CSCCCO)C1=CCCC1. The fourth-order valence-electron chi connectivity index (χ4n) is 1.84. The predicted molar refractivity (Wildman–Crippen MR) is 68.3 cm³/mol. The first-order valence-electron chi connectivity index (χ1n) is 5.97. The number of aliphatic hydroxyl groups excluding tert-OH is 1. The Morgan fingerprint density at radius 2 is 2.44 bits per heavy atom. The smallest absolute Gasteiger partial charge is 0.236 e. The van der Waals surface area contributed by atoms with Crippen LogP contribution in [-0.2, 0) is 4.79 Å². The van der Waals surface area contributed by atoms with E-state index in [1.807, 2.05) is 11.8 Å². The van der Waals surface area contributed by atoms with E-state index in [0.29, 0.717) is 5.75 Å². The number of thioether (sulfide) groups is 1. The van der Waals surface area contributed by atoms with Crippen LogP contribution in [0.15, 0.2) is 11.8 Å². The summed E-state index contributed by atoms with van der Waals surface area (Å²) in [5.74, 6) is 1.60. The van der Waals surface area contributed by atoms with Crippen LogP contribution in [0.2, 0.25) is 0 Å². The van der Waals surface area contributed by atoms with Gasteiger partial charge in [0.05, 0.1) is 5.75 Å². The van der Waals surface area contributed by atoms with Gasteiger partial charge in [-0.25, -0.2) is 0 Å². The van der Waals surface area contributed by atoms with Crippen LogP contribution in [-0.4, -0.2) is 40.6 Å². The van der Waals surface area contributed by atoms with Gasteiger partial charge in [-0.1, -0.05) is 6.08 Å². The second kappa shape index (κ2) is 7.74. The maximum absolute atomic E-state index is 11.9. The Labute approximate surface area is 102 Å². The van der Waals surface area contributed by atoms with E-state index in [-0.39, 0.29) is 12.5 Å². The Hall–Kier alpha value is -0.480. The van der Waals surface area contributed by atoms with Gasteiger partial charge in [0.2, 0.25) is 5.91 Å². The number of allylic oxidation sites excluding steroid dienone is 2. The van der Waals surface area contributed by atoms with Crippen molar-refractivity contribution in [2.45, 2.75) is 32.6 Å². The fourth-order valence-corrected chi connectivity index (χ4v) is 2.65. The minimum Gasteiger partial charge on any atom is -0.396 e.